The van der Waals surface area contributed by atoms with Crippen LogP contribution in [0, 0.1) is 6.92 Å². The highest BCUT2D eigenvalue weighted by molar-refractivity contribution is 7.13. The van der Waals surface area contributed by atoms with Crippen molar-refractivity contribution in [1.82, 2.24) is 4.98 Å². The SMILES string of the molecule is COc1ccc(Nc2nc(C[NH+]3CCN(c4ccccc4C)CC3)cs2)cc1. The molecule has 0 unspecified atom stereocenters. The van der Waals surface area contributed by atoms with E-state index in [4.69, 9.17) is 9.72 Å². The second-order valence-electron chi connectivity index (χ2n) is 7.20. The Bertz CT molecular complexity index is 901. The first kappa shape index (κ1) is 18.8. The minimum absolute atomic E-state index is 0.860. The zero-order chi connectivity index (χ0) is 19.3. The van der Waals surface area contributed by atoms with E-state index in [0.29, 0.717) is 0 Å². The Morgan fingerprint density at radius 2 is 1.86 bits per heavy atom. The van der Waals surface area contributed by atoms with Crippen LogP contribution in [0.4, 0.5) is 16.5 Å². The molecule has 0 spiro atoms. The molecule has 4 rings (SSSR count). The van der Waals surface area contributed by atoms with Gasteiger partial charge >= 0.3 is 0 Å². The zero-order valence-corrected chi connectivity index (χ0v) is 17.3. The molecular weight excluding hydrogens is 368 g/mol. The summed E-state index contributed by atoms with van der Waals surface area (Å²) in [5, 5.41) is 6.50. The number of nitrogens with zero attached hydrogens (tertiary/aromatic N) is 2. The number of anilines is 3. The number of methoxy groups -OCH3 is 1. The third kappa shape index (κ3) is 4.46. The fourth-order valence-electron chi connectivity index (χ4n) is 3.66. The number of aromatic nitrogens is 1. The Morgan fingerprint density at radius 3 is 2.57 bits per heavy atom. The van der Waals surface area contributed by atoms with Gasteiger partial charge in [-0.15, -0.1) is 11.3 Å². The van der Waals surface area contributed by atoms with Crippen LogP contribution in [0.15, 0.2) is 53.9 Å². The molecule has 2 aromatic carbocycles. The third-order valence-corrected chi connectivity index (χ3v) is 6.06. The summed E-state index contributed by atoms with van der Waals surface area (Å²) in [6.07, 6.45) is 0. The second-order valence-corrected chi connectivity index (χ2v) is 8.06. The highest BCUT2D eigenvalue weighted by Crippen LogP contribution is 2.23. The number of nitrogens with one attached hydrogen (secondary N) is 2. The molecule has 3 aromatic rings. The second kappa shape index (κ2) is 8.63. The van der Waals surface area contributed by atoms with E-state index in [1.807, 2.05) is 24.3 Å². The summed E-state index contributed by atoms with van der Waals surface area (Å²) < 4.78 is 5.20. The van der Waals surface area contributed by atoms with E-state index in [1.165, 1.54) is 16.9 Å². The number of benzene rings is 2. The molecule has 1 aliphatic heterocycles. The number of hydrogen-bond acceptors (Lipinski definition) is 5. The van der Waals surface area contributed by atoms with E-state index in [2.05, 4.69) is 46.8 Å². The molecule has 0 aliphatic carbocycles. The number of hydrogen-bond donors (Lipinski definition) is 2. The molecule has 0 bridgehead atoms. The van der Waals surface area contributed by atoms with Gasteiger partial charge in [-0.2, -0.15) is 0 Å². The fourth-order valence-corrected chi connectivity index (χ4v) is 4.39. The Hall–Kier alpha value is -2.57. The minimum Gasteiger partial charge on any atom is -0.497 e. The molecule has 0 atom stereocenters. The molecule has 0 saturated carbocycles. The minimum atomic E-state index is 0.860. The summed E-state index contributed by atoms with van der Waals surface area (Å²) in [6.45, 7) is 7.67. The molecule has 2 heterocycles. The van der Waals surface area contributed by atoms with Crippen molar-refractivity contribution in [2.75, 3.05) is 43.5 Å². The number of aryl methyl sites for hydroxylation is 1. The van der Waals surface area contributed by atoms with Gasteiger partial charge in [0.1, 0.15) is 18.0 Å². The van der Waals surface area contributed by atoms with Crippen molar-refractivity contribution in [2.24, 2.45) is 0 Å². The summed E-state index contributed by atoms with van der Waals surface area (Å²) in [5.41, 5.74) is 4.93. The molecule has 0 radical (unpaired) electrons. The number of thiazole rings is 1. The van der Waals surface area contributed by atoms with Crippen LogP contribution in [-0.2, 0) is 6.54 Å². The lowest BCUT2D eigenvalue weighted by Gasteiger charge is -2.34. The van der Waals surface area contributed by atoms with Crippen molar-refractivity contribution < 1.29 is 9.64 Å². The van der Waals surface area contributed by atoms with Gasteiger partial charge in [-0.05, 0) is 42.8 Å². The van der Waals surface area contributed by atoms with Gasteiger partial charge in [0.25, 0.3) is 0 Å². The average molecular weight is 396 g/mol. The number of rotatable bonds is 6. The molecule has 1 aliphatic rings. The predicted molar refractivity (Wildman–Crippen MR) is 116 cm³/mol. The Morgan fingerprint density at radius 1 is 1.11 bits per heavy atom. The van der Waals surface area contributed by atoms with Crippen molar-refractivity contribution >= 4 is 27.8 Å². The van der Waals surface area contributed by atoms with E-state index < -0.39 is 0 Å². The monoisotopic (exact) mass is 395 g/mol. The highest BCUT2D eigenvalue weighted by Gasteiger charge is 2.22. The van der Waals surface area contributed by atoms with Crippen LogP contribution in [0.25, 0.3) is 0 Å². The maximum atomic E-state index is 5.20. The van der Waals surface area contributed by atoms with Crippen molar-refractivity contribution in [2.45, 2.75) is 13.5 Å². The molecule has 28 heavy (non-hydrogen) atoms. The Labute approximate surface area is 170 Å². The summed E-state index contributed by atoms with van der Waals surface area (Å²) in [6, 6.07) is 16.6. The van der Waals surface area contributed by atoms with Gasteiger partial charge in [0, 0.05) is 16.8 Å². The quantitative estimate of drug-likeness (QED) is 0.673. The zero-order valence-electron chi connectivity index (χ0n) is 16.4. The lowest BCUT2D eigenvalue weighted by Crippen LogP contribution is -3.13. The standard InChI is InChI=1S/C22H26N4OS/c1-17-5-3-4-6-21(17)26-13-11-25(12-14-26)15-19-16-28-22(24-19)23-18-7-9-20(27-2)10-8-18/h3-10,16H,11-15H2,1-2H3,(H,23,24)/p+1. The van der Waals surface area contributed by atoms with Gasteiger partial charge in [0.15, 0.2) is 5.13 Å². The Balaban J connectivity index is 1.30. The molecule has 1 saturated heterocycles. The molecule has 1 aromatic heterocycles. The largest absolute Gasteiger partial charge is 0.497 e. The van der Waals surface area contributed by atoms with Crippen LogP contribution < -0.4 is 19.9 Å². The molecule has 146 valence electrons. The molecule has 2 N–H and O–H groups in total. The molecule has 1 fully saturated rings. The summed E-state index contributed by atoms with van der Waals surface area (Å²) >= 11 is 1.67. The number of quaternary nitrogens is 1. The number of ether oxygens (including phenoxy) is 1. The van der Waals surface area contributed by atoms with E-state index in [9.17, 15) is 0 Å². The van der Waals surface area contributed by atoms with Crippen molar-refractivity contribution in [3.8, 4) is 5.75 Å². The summed E-state index contributed by atoms with van der Waals surface area (Å²) in [7, 11) is 1.68. The lowest BCUT2D eigenvalue weighted by atomic mass is 10.1. The van der Waals surface area contributed by atoms with Gasteiger partial charge in [-0.1, -0.05) is 18.2 Å². The van der Waals surface area contributed by atoms with Gasteiger partial charge < -0.3 is 19.9 Å². The molecule has 5 nitrogen and oxygen atoms in total. The predicted octanol–water partition coefficient (Wildman–Crippen LogP) is 3.11. The maximum Gasteiger partial charge on any atom is 0.187 e. The normalized spacial score (nSPS) is 14.9. The van der Waals surface area contributed by atoms with E-state index in [-0.39, 0.29) is 0 Å². The van der Waals surface area contributed by atoms with E-state index >= 15 is 0 Å². The van der Waals surface area contributed by atoms with E-state index in [0.717, 1.165) is 49.3 Å². The van der Waals surface area contributed by atoms with Gasteiger partial charge in [0.05, 0.1) is 33.3 Å². The van der Waals surface area contributed by atoms with Crippen molar-refractivity contribution in [3.63, 3.8) is 0 Å². The van der Waals surface area contributed by atoms with E-state index in [1.54, 1.807) is 23.3 Å². The summed E-state index contributed by atoms with van der Waals surface area (Å²) in [4.78, 5) is 8.89. The third-order valence-electron chi connectivity index (χ3n) is 5.25. The number of para-hydroxylation sites is 1. The van der Waals surface area contributed by atoms with Crippen LogP contribution in [-0.4, -0.2) is 38.3 Å². The van der Waals surface area contributed by atoms with Crippen molar-refractivity contribution in [3.05, 3.63) is 65.2 Å². The topological polar surface area (TPSA) is 41.8 Å². The first-order valence-electron chi connectivity index (χ1n) is 9.71. The lowest BCUT2D eigenvalue weighted by molar-refractivity contribution is -0.914. The maximum absolute atomic E-state index is 5.20. The van der Waals surface area contributed by atoms with Crippen LogP contribution >= 0.6 is 11.3 Å². The first-order chi connectivity index (χ1) is 13.7. The summed E-state index contributed by atoms with van der Waals surface area (Å²) in [5.74, 6) is 0.860. The van der Waals surface area contributed by atoms with Gasteiger partial charge in [0.2, 0.25) is 0 Å². The van der Waals surface area contributed by atoms with Gasteiger partial charge in [-0.25, -0.2) is 4.98 Å². The molecular formula is C22H27N4OS+. The fraction of sp³-hybridized carbons (Fsp3) is 0.318. The average Bonchev–Trinajstić information content (AvgIpc) is 3.16. The van der Waals surface area contributed by atoms with Crippen molar-refractivity contribution in [1.29, 1.82) is 0 Å². The Kier molecular flexibility index (Phi) is 5.78. The number of piperazine rings is 1. The first-order valence-corrected chi connectivity index (χ1v) is 10.6. The van der Waals surface area contributed by atoms with Crippen LogP contribution in [0.2, 0.25) is 0 Å². The van der Waals surface area contributed by atoms with Crippen LogP contribution in [0.3, 0.4) is 0 Å². The highest BCUT2D eigenvalue weighted by atomic mass is 32.1. The molecule has 0 amide bonds. The van der Waals surface area contributed by atoms with Crippen LogP contribution in [0.1, 0.15) is 11.3 Å². The van der Waals surface area contributed by atoms with Crippen LogP contribution in [0.5, 0.6) is 5.75 Å². The molecule has 6 heteroatoms. The van der Waals surface area contributed by atoms with Gasteiger partial charge in [-0.3, -0.25) is 0 Å². The smallest absolute Gasteiger partial charge is 0.187 e.